The Morgan fingerprint density at radius 1 is 0.422 bits per heavy atom. The molecule has 8 aromatic rings. The molecule has 698 valence electrons. The molecule has 0 atom stereocenters. The highest BCUT2D eigenvalue weighted by Gasteiger charge is 2.23. The normalized spacial score (nSPS) is 11.5. The molecule has 0 spiro atoms. The largest absolute Gasteiger partial charge is 0.456 e. The third kappa shape index (κ3) is 43.9. The first-order valence-electron chi connectivity index (χ1n) is 42.5. The molecule has 0 radical (unpaired) electrons. The lowest BCUT2D eigenvalue weighted by Crippen LogP contribution is -2.31. The molecule has 0 fully saturated rings. The fourth-order valence-electron chi connectivity index (χ4n) is 11.1. The average Bonchev–Trinajstić information content (AvgIpc) is 1.68. The van der Waals surface area contributed by atoms with Crippen LogP contribution in [0.25, 0.3) is 66.8 Å². The number of benzene rings is 1. The van der Waals surface area contributed by atoms with Crippen LogP contribution in [0.5, 0.6) is 0 Å². The third-order valence-corrected chi connectivity index (χ3v) is 22.3. The first-order chi connectivity index (χ1) is 62.2. The van der Waals surface area contributed by atoms with Crippen molar-refractivity contribution in [2.45, 2.75) is 103 Å². The number of allylic oxidation sites excluding steroid dienone is 1. The molecule has 31 nitrogen and oxygen atoms in total. The second kappa shape index (κ2) is 63.9. The zero-order valence-electron chi connectivity index (χ0n) is 74.0. The van der Waals surface area contributed by atoms with E-state index in [1.807, 2.05) is 115 Å². The highest BCUT2D eigenvalue weighted by atomic mass is 35.5. The van der Waals surface area contributed by atoms with Crippen molar-refractivity contribution in [1.82, 2.24) is 26.3 Å². The van der Waals surface area contributed by atoms with Crippen molar-refractivity contribution < 1.29 is 93.7 Å². The number of likely N-dealkylation sites (N-methyl/N-ethyl adjacent to an activating group) is 3. The van der Waals surface area contributed by atoms with Crippen LogP contribution in [-0.2, 0) is 61.7 Å². The number of ether oxygens (including phenoxy) is 11. The van der Waals surface area contributed by atoms with Gasteiger partial charge in [-0.15, -0.1) is 68.8 Å². The first kappa shape index (κ1) is 107. The highest BCUT2D eigenvalue weighted by molar-refractivity contribution is 7.20. The van der Waals surface area contributed by atoms with E-state index in [4.69, 9.17) is 105 Å². The monoisotopic (exact) mass is 1890 g/mol. The van der Waals surface area contributed by atoms with E-state index in [0.717, 1.165) is 132 Å². The smallest absolute Gasteiger partial charge is 0.407 e. The number of methoxy groups -OCH3 is 1. The SMILES string of the molecule is CN(CCOC(=O)NCCOCCOCCCCCCCl)c1ccc(-c2ccc(/C=C(\C#N)C(=O)OC(C)(C)C)o2)s1.CN(CCOC(=O)NCCOCCOCCCCCCCl)c1ccc(-c2ccc(/C=C(\C#N)c3nc4ccccc4o3)o2)s1.COCCNC(=O)/C(C#N)=C/c1ccc(-c2ccc(N(C)CCOC(=O)NCCOCCOCCCCCCCl)s2)o1. The number of carbonyl (C=O) groups is 5. The predicted octanol–water partition coefficient (Wildman–Crippen LogP) is 18.1. The van der Waals surface area contributed by atoms with Crippen LogP contribution in [0.15, 0.2) is 126 Å². The van der Waals surface area contributed by atoms with E-state index >= 15 is 0 Å². The number of nitrogens with one attached hydrogen (secondary N) is 4. The number of anilines is 3. The minimum absolute atomic E-state index is 0.0551. The number of furan rings is 3. The second-order valence-electron chi connectivity index (χ2n) is 29.2. The van der Waals surface area contributed by atoms with Crippen molar-refractivity contribution in [3.05, 3.63) is 131 Å². The summed E-state index contributed by atoms with van der Waals surface area (Å²) in [5, 5.41) is 41.9. The van der Waals surface area contributed by atoms with Crippen LogP contribution in [0.2, 0.25) is 0 Å². The summed E-state index contributed by atoms with van der Waals surface area (Å²) in [5.74, 6) is 4.40. The van der Waals surface area contributed by atoms with Gasteiger partial charge in [-0.1, -0.05) is 50.7 Å². The number of fused-ring (bicyclic) bond motifs is 1. The Bertz CT molecular complexity index is 4700. The number of thiophene rings is 3. The fraction of sp³-hybridized carbons (Fsp3) is 0.505. The van der Waals surface area contributed by atoms with E-state index in [0.29, 0.717) is 169 Å². The highest BCUT2D eigenvalue weighted by Crippen LogP contribution is 2.38. The number of hydrogen-bond acceptors (Lipinski definition) is 30. The lowest BCUT2D eigenvalue weighted by Gasteiger charge is -2.18. The first-order valence-corrected chi connectivity index (χ1v) is 46.5. The van der Waals surface area contributed by atoms with E-state index in [-0.39, 0.29) is 42.4 Å². The molecule has 8 rings (SSSR count). The number of alkyl halides is 3. The van der Waals surface area contributed by atoms with Crippen LogP contribution in [-0.4, -0.2) is 238 Å². The standard InChI is InChI=1S/C32H37ClN4O6S.C30H42ClN3O7S.C29H41ClN4O7S/c1-37(16-19-41-32(38)35-15-18-40-21-20-39-17-7-3-2-6-14-33)30-13-12-29(44-30)28-11-10-25(42-28)22-24(23-34)31-36-26-8-4-5-9-27(26)43-31;1-30(2,3)41-28(35)23(22-32)21-24-9-10-25(40-24)26-11-12-27(42-26)34(4)15-18-39-29(36)33-14-17-38-20-19-37-16-8-6-5-7-13-31;1-34(14-18-40-29(36)33-13-17-39-20-19-38-15-6-4-3-5-11-30)27-10-9-26(42-27)25-8-7-24(41-25)21-23(22-31)28(35)32-12-16-37-2/h4-5,8-13,22H,2-3,6-7,14-21H2,1H3,(H,35,38);9-12,21H,5-8,13-20H2,1-4H3,(H,33,36);7-10,21H,3-6,11-20H2,1-2H3,(H,32,35)(H,33,36)/b24-22+;2*23-21+. The molecule has 7 aromatic heterocycles. The Labute approximate surface area is 776 Å². The maximum absolute atomic E-state index is 12.2. The Kier molecular flexibility index (Phi) is 53.3. The zero-order chi connectivity index (χ0) is 92.2. The molecule has 4 amide bonds. The molecule has 0 aliphatic rings. The van der Waals surface area contributed by atoms with Crippen molar-refractivity contribution in [3.63, 3.8) is 0 Å². The van der Waals surface area contributed by atoms with Crippen molar-refractivity contribution in [3.8, 4) is 50.1 Å². The maximum atomic E-state index is 12.2. The van der Waals surface area contributed by atoms with Crippen LogP contribution < -0.4 is 36.0 Å². The number of amides is 4. The number of hydrogen-bond donors (Lipinski definition) is 4. The summed E-state index contributed by atoms with van der Waals surface area (Å²) < 4.78 is 82.3. The van der Waals surface area contributed by atoms with Gasteiger partial charge >= 0.3 is 24.2 Å². The topological polar surface area (TPSA) is 382 Å². The minimum atomic E-state index is -0.704. The number of nitrogens with zero attached hydrogens (tertiary/aromatic N) is 7. The molecule has 0 saturated heterocycles. The molecule has 0 aliphatic carbocycles. The fourth-order valence-corrected chi connectivity index (χ4v) is 14.6. The van der Waals surface area contributed by atoms with Crippen LogP contribution in [0, 0.1) is 34.0 Å². The van der Waals surface area contributed by atoms with Gasteiger partial charge in [0, 0.05) is 110 Å². The summed E-state index contributed by atoms with van der Waals surface area (Å²) >= 11 is 21.5. The van der Waals surface area contributed by atoms with Gasteiger partial charge in [0.15, 0.2) is 5.58 Å². The predicted molar refractivity (Wildman–Crippen MR) is 502 cm³/mol. The summed E-state index contributed by atoms with van der Waals surface area (Å²) in [6.45, 7) is 15.5. The molecular weight excluding hydrogens is 1770 g/mol. The van der Waals surface area contributed by atoms with E-state index in [9.17, 15) is 39.8 Å². The van der Waals surface area contributed by atoms with E-state index in [2.05, 4.69) is 32.3 Å². The van der Waals surface area contributed by atoms with Crippen LogP contribution in [0.1, 0.15) is 121 Å². The molecule has 0 unspecified atom stereocenters. The summed E-state index contributed by atoms with van der Waals surface area (Å²) in [6.07, 6.45) is 15.9. The number of oxazole rings is 1. The van der Waals surface area contributed by atoms with Crippen molar-refractivity contribution >= 4 is 149 Å². The Morgan fingerprint density at radius 2 is 0.789 bits per heavy atom. The second-order valence-corrected chi connectivity index (χ2v) is 33.5. The molecule has 0 bridgehead atoms. The van der Waals surface area contributed by atoms with Crippen LogP contribution in [0.3, 0.4) is 0 Å². The van der Waals surface area contributed by atoms with Crippen LogP contribution >= 0.6 is 68.8 Å². The van der Waals surface area contributed by atoms with Gasteiger partial charge in [0.05, 0.1) is 115 Å². The van der Waals surface area contributed by atoms with Gasteiger partial charge in [-0.05, 0) is 144 Å². The van der Waals surface area contributed by atoms with E-state index in [1.165, 1.54) is 41.9 Å². The Morgan fingerprint density at radius 3 is 1.16 bits per heavy atom. The molecule has 0 saturated carbocycles. The number of nitriles is 3. The number of esters is 1. The van der Waals surface area contributed by atoms with Gasteiger partial charge in [-0.25, -0.2) is 24.2 Å². The van der Waals surface area contributed by atoms with Gasteiger partial charge < -0.3 is 106 Å². The maximum Gasteiger partial charge on any atom is 0.407 e. The summed E-state index contributed by atoms with van der Waals surface area (Å²) in [4.78, 5) is 73.2. The number of alkyl carbamates (subject to hydrolysis) is 3. The number of carbonyl (C=O) groups excluding carboxylic acids is 5. The molecular formula is C91H120Cl3N11O20S3. The van der Waals surface area contributed by atoms with Crippen molar-refractivity contribution in [2.24, 2.45) is 0 Å². The van der Waals surface area contributed by atoms with Gasteiger partial charge in [-0.3, -0.25) is 4.79 Å². The van der Waals surface area contributed by atoms with Gasteiger partial charge in [-0.2, -0.15) is 15.8 Å². The minimum Gasteiger partial charge on any atom is -0.456 e. The molecule has 1 aromatic carbocycles. The van der Waals surface area contributed by atoms with Crippen molar-refractivity contribution in [2.75, 3.05) is 212 Å². The molecule has 128 heavy (non-hydrogen) atoms. The molecule has 0 aliphatic heterocycles. The average molecular weight is 1890 g/mol. The number of para-hydroxylation sites is 2. The zero-order valence-corrected chi connectivity index (χ0v) is 78.7. The van der Waals surface area contributed by atoms with E-state index < -0.39 is 35.8 Å². The quantitative estimate of drug-likeness (QED) is 0.00687. The molecule has 4 N–H and O–H groups in total. The van der Waals surface area contributed by atoms with E-state index in [1.54, 1.807) is 68.5 Å². The number of unbranched alkanes of at least 4 members (excludes halogenated alkanes) is 9. The van der Waals surface area contributed by atoms with Crippen LogP contribution in [0.4, 0.5) is 29.4 Å². The number of aromatic nitrogens is 1. The summed E-state index contributed by atoms with van der Waals surface area (Å²) in [6, 6.07) is 35.6. The summed E-state index contributed by atoms with van der Waals surface area (Å²) in [5.41, 5.74) is 0.681. The van der Waals surface area contributed by atoms with Gasteiger partial charge in [0.25, 0.3) is 5.91 Å². The third-order valence-electron chi connectivity index (χ3n) is 17.9. The van der Waals surface area contributed by atoms with Crippen molar-refractivity contribution in [1.29, 1.82) is 15.8 Å². The Hall–Kier alpha value is -9.94. The lowest BCUT2D eigenvalue weighted by atomic mass is 10.2. The molecule has 7 heterocycles. The van der Waals surface area contributed by atoms with Gasteiger partial charge in [0.2, 0.25) is 5.89 Å². The summed E-state index contributed by atoms with van der Waals surface area (Å²) in [7, 11) is 7.28. The number of rotatable bonds is 60. The molecule has 37 heteroatoms. The number of halogens is 3. The van der Waals surface area contributed by atoms with Gasteiger partial charge in [0.1, 0.15) is 100 Å². The lowest BCUT2D eigenvalue weighted by molar-refractivity contribution is -0.149. The Balaban J connectivity index is 0.000000296.